The van der Waals surface area contributed by atoms with Crippen molar-refractivity contribution in [3.8, 4) is 126 Å². The number of aliphatic hydroxyl groups is 1. The minimum Gasteiger partial charge on any atom is -0.479 e. The normalized spacial score (nSPS) is 13.6. The van der Waals surface area contributed by atoms with E-state index in [2.05, 4.69) is 70.2 Å². The first kappa shape index (κ1) is 90.8. The molecule has 2 aliphatic heterocycles. The lowest BCUT2D eigenvalue weighted by atomic mass is 10.0. The van der Waals surface area contributed by atoms with Gasteiger partial charge in [0, 0.05) is 16.7 Å². The molecule has 650 valence electrons. The molecule has 4 aromatic carbocycles. The van der Waals surface area contributed by atoms with Crippen molar-refractivity contribution in [3.05, 3.63) is 23.8 Å². The molecule has 0 atom stereocenters. The molecule has 0 aliphatic carbocycles. The van der Waals surface area contributed by atoms with Gasteiger partial charge in [-0.2, -0.15) is 158 Å². The van der Waals surface area contributed by atoms with Gasteiger partial charge >= 0.3 is 74.1 Å². The van der Waals surface area contributed by atoms with Crippen LogP contribution in [0.15, 0.2) is 18.2 Å². The summed E-state index contributed by atoms with van der Waals surface area (Å²) in [5.41, 5.74) is -16.2. The van der Waals surface area contributed by atoms with Gasteiger partial charge in [0.05, 0.1) is 32.7 Å². The fourth-order valence-corrected chi connectivity index (χ4v) is 10.00. The van der Waals surface area contributed by atoms with Crippen LogP contribution in [-0.4, -0.2) is 204 Å². The lowest BCUT2D eigenvalue weighted by Crippen LogP contribution is -2.25. The number of hydrogen-bond donors (Lipinski definition) is 3. The Bertz CT molecular complexity index is 5150. The van der Waals surface area contributed by atoms with E-state index in [4.69, 9.17) is 28.4 Å². The number of halogens is 36. The Kier molecular flexibility index (Phi) is 24.6. The number of ether oxygens (including phenoxy) is 12. The van der Waals surface area contributed by atoms with Gasteiger partial charge in [0.15, 0.2) is 137 Å². The lowest BCUT2D eigenvalue weighted by molar-refractivity contribution is -0.162. The second-order valence-corrected chi connectivity index (χ2v) is 24.2. The van der Waals surface area contributed by atoms with Crippen molar-refractivity contribution in [1.82, 2.24) is 39.9 Å². The SMILES string of the molecule is CC(C)(O)C#Cc1ccc2c(c1)-c1nc-2nc2[nH]c(nc3nc(nc4[nH]c(n1)c1c(OCC(F)(F)F)c(OCC(F)(F)F)c(OCC(F)(F)F)c(OCC(F)(F)F)c41)-c1c(OCC(F)(F)F)c(OCC(F)(F)F)c(OCC(F)(F)F)c(OCC(F)(F)F)c1-3)c1c(OCC(F)(F)F)c(OCC(F)(F)F)c(OCC(F)(F)F)c(OCC(F)(F)F)c21. The first-order valence-electron chi connectivity index (χ1n) is 30.9. The van der Waals surface area contributed by atoms with Crippen LogP contribution in [0.5, 0.6) is 69.0 Å². The van der Waals surface area contributed by atoms with Crippen molar-refractivity contribution >= 4 is 44.1 Å². The fourth-order valence-electron chi connectivity index (χ4n) is 10.00. The van der Waals surface area contributed by atoms with Gasteiger partial charge in [-0.15, -0.1) is 0 Å². The fraction of sp³-hybridized carbons (Fsp3) is 0.443. The maximum atomic E-state index is 14.7. The van der Waals surface area contributed by atoms with Crippen LogP contribution in [0.1, 0.15) is 19.4 Å². The van der Waals surface area contributed by atoms with Crippen LogP contribution < -0.4 is 56.8 Å². The number of benzene rings is 4. The van der Waals surface area contributed by atoms with Crippen molar-refractivity contribution in [1.29, 1.82) is 0 Å². The molecule has 0 saturated heterocycles. The Labute approximate surface area is 626 Å². The number of hydrogen-bond acceptors (Lipinski definition) is 19. The number of nitrogens with zero attached hydrogens (tertiary/aromatic N) is 6. The second kappa shape index (κ2) is 31.9. The standard InChI is InChI=1S/C61H36F36N8O13/c1-49(2,106)6-5-20-3-4-21-22(7-20)42-98-41(21)99-43-23-25(31(109-10-52(68,69)70)37(115-16-58(86,87)88)35(113-14-56(80,81)82)29(23)107-8-50(62,63)64)45(101-43)103-47-27-28(34(112-13-55(77,78)79)40(118-19-61(95,96)97)39(117-18-60(92,93)94)33(27)111-12-54(74,75)76)48(105-47)104-46-26-24(44(100-42)102-46)30(108-9-51(65,66)67)36(114-15-57(83,84)85)38(116-17-59(89,90)91)32(26)110-11-53(71,72)73/h3-4,7,106H,8-19H2,1-2H3,(H2,98,99,100,101,102,103,104,105). The zero-order valence-electron chi connectivity index (χ0n) is 56.9. The minimum atomic E-state index is -6.09. The van der Waals surface area contributed by atoms with Gasteiger partial charge in [0.2, 0.25) is 34.5 Å². The van der Waals surface area contributed by atoms with Gasteiger partial charge in [-0.25, -0.2) is 29.9 Å². The number of alkyl halides is 36. The number of aromatic amines is 2. The van der Waals surface area contributed by atoms with E-state index in [0.717, 1.165) is 19.9 Å². The zero-order valence-corrected chi connectivity index (χ0v) is 56.9. The van der Waals surface area contributed by atoms with Gasteiger partial charge in [-0.1, -0.05) is 11.8 Å². The molecule has 9 rings (SSSR count). The maximum Gasteiger partial charge on any atom is 0.422 e. The molecule has 0 saturated carbocycles. The van der Waals surface area contributed by atoms with Gasteiger partial charge in [-0.3, -0.25) is 0 Å². The molecule has 0 unspecified atom stereocenters. The van der Waals surface area contributed by atoms with Crippen molar-refractivity contribution in [2.75, 3.05) is 79.3 Å². The van der Waals surface area contributed by atoms with E-state index in [0.29, 0.717) is 12.1 Å². The van der Waals surface area contributed by atoms with Crippen LogP contribution >= 0.6 is 0 Å². The summed E-state index contributed by atoms with van der Waals surface area (Å²) >= 11 is 0. The maximum absolute atomic E-state index is 14.7. The molecular formula is C61H36F36N8O13. The molecular weight excluding hydrogens is 1740 g/mol. The third kappa shape index (κ3) is 24.3. The van der Waals surface area contributed by atoms with E-state index in [1.807, 2.05) is 9.97 Å². The quantitative estimate of drug-likeness (QED) is 0.0376. The lowest BCUT2D eigenvalue weighted by Gasteiger charge is -2.24. The highest BCUT2D eigenvalue weighted by Gasteiger charge is 2.47. The average molecular weight is 1770 g/mol. The highest BCUT2D eigenvalue weighted by molar-refractivity contribution is 6.16. The molecule has 21 nitrogen and oxygen atoms in total. The molecule has 0 radical (unpaired) electrons. The predicted molar refractivity (Wildman–Crippen MR) is 318 cm³/mol. The Morgan fingerprint density at radius 3 is 0.686 bits per heavy atom. The second-order valence-electron chi connectivity index (χ2n) is 24.2. The number of aromatic nitrogens is 8. The highest BCUT2D eigenvalue weighted by Crippen LogP contribution is 2.62. The first-order valence-corrected chi connectivity index (χ1v) is 30.9. The molecule has 0 fully saturated rings. The number of fused-ring (bicyclic) bond motifs is 20. The van der Waals surface area contributed by atoms with Crippen LogP contribution in [0.4, 0.5) is 158 Å². The van der Waals surface area contributed by atoms with Crippen molar-refractivity contribution in [2.45, 2.75) is 93.6 Å². The van der Waals surface area contributed by atoms with Crippen LogP contribution in [0.2, 0.25) is 0 Å². The molecule has 5 heterocycles. The van der Waals surface area contributed by atoms with Crippen molar-refractivity contribution in [3.63, 3.8) is 0 Å². The molecule has 3 N–H and O–H groups in total. The Balaban J connectivity index is 1.77. The minimum absolute atomic E-state index is 0.467. The largest absolute Gasteiger partial charge is 0.479 e. The monoisotopic (exact) mass is 1770 g/mol. The summed E-state index contributed by atoms with van der Waals surface area (Å²) in [4.78, 5) is 26.9. The summed E-state index contributed by atoms with van der Waals surface area (Å²) < 4.78 is 580. The summed E-state index contributed by atoms with van der Waals surface area (Å²) in [6, 6.07) is 2.27. The van der Waals surface area contributed by atoms with E-state index in [9.17, 15) is 163 Å². The van der Waals surface area contributed by atoms with Crippen LogP contribution in [0.3, 0.4) is 0 Å². The van der Waals surface area contributed by atoms with E-state index in [1.54, 1.807) is 0 Å². The summed E-state index contributed by atoms with van der Waals surface area (Å²) in [5.74, 6) is -31.7. The molecule has 118 heavy (non-hydrogen) atoms. The highest BCUT2D eigenvalue weighted by atomic mass is 19.5. The Morgan fingerprint density at radius 2 is 0.458 bits per heavy atom. The predicted octanol–water partition coefficient (Wildman–Crippen LogP) is 18.3. The number of rotatable bonds is 24. The summed E-state index contributed by atoms with van der Waals surface area (Å²) in [5, 5.41) is 2.73. The van der Waals surface area contributed by atoms with Gasteiger partial charge in [0.1, 0.15) is 28.2 Å². The first-order chi connectivity index (χ1) is 53.6. The van der Waals surface area contributed by atoms with E-state index in [-0.39, 0.29) is 0 Å². The molecule has 0 amide bonds. The van der Waals surface area contributed by atoms with Crippen LogP contribution in [0, 0.1) is 11.8 Å². The average Bonchev–Trinajstić information content (AvgIpc) is 1.55. The molecule has 57 heteroatoms. The molecule has 2 aliphatic rings. The third-order valence-corrected chi connectivity index (χ3v) is 13.7. The van der Waals surface area contributed by atoms with E-state index in [1.165, 1.54) is 0 Å². The molecule has 3 aromatic heterocycles. The molecule has 7 aromatic rings. The number of nitrogens with one attached hydrogen (secondary N) is 2. The topological polar surface area (TPSA) is 240 Å². The smallest absolute Gasteiger partial charge is 0.422 e. The van der Waals surface area contributed by atoms with Gasteiger partial charge in [-0.05, 0) is 32.0 Å². The van der Waals surface area contributed by atoms with Crippen molar-refractivity contribution < 1.29 is 220 Å². The molecule has 8 bridgehead atoms. The van der Waals surface area contributed by atoms with Gasteiger partial charge < -0.3 is 71.9 Å². The van der Waals surface area contributed by atoms with E-state index < -0.39 is 323 Å². The van der Waals surface area contributed by atoms with E-state index >= 15 is 0 Å². The van der Waals surface area contributed by atoms with Gasteiger partial charge in [0.25, 0.3) is 0 Å². The Hall–Kier alpha value is -11.2. The third-order valence-electron chi connectivity index (χ3n) is 13.7. The summed E-state index contributed by atoms with van der Waals surface area (Å²) in [6.07, 6.45) is -71.9. The zero-order chi connectivity index (χ0) is 88.4. The summed E-state index contributed by atoms with van der Waals surface area (Å²) in [7, 11) is 0. The molecule has 0 spiro atoms. The summed E-state index contributed by atoms with van der Waals surface area (Å²) in [6.45, 7) is -35.0. The Morgan fingerprint density at radius 1 is 0.263 bits per heavy atom. The van der Waals surface area contributed by atoms with Crippen molar-refractivity contribution in [2.24, 2.45) is 0 Å². The van der Waals surface area contributed by atoms with Crippen LogP contribution in [-0.2, 0) is 0 Å². The van der Waals surface area contributed by atoms with Crippen LogP contribution in [0.25, 0.3) is 89.7 Å². The number of H-pyrrole nitrogens is 2.